The van der Waals surface area contributed by atoms with E-state index in [1.165, 1.54) is 33.0 Å². The van der Waals surface area contributed by atoms with Gasteiger partial charge in [0.05, 0.1) is 5.69 Å². The van der Waals surface area contributed by atoms with Crippen molar-refractivity contribution in [2.75, 3.05) is 0 Å². The molecule has 0 radical (unpaired) electrons. The fourth-order valence-corrected chi connectivity index (χ4v) is 3.41. The Morgan fingerprint density at radius 3 is 2.40 bits per heavy atom. The molecule has 1 heteroatoms. The predicted molar refractivity (Wildman–Crippen MR) is 109 cm³/mol. The average Bonchev–Trinajstić information content (AvgIpc) is 2.52. The molecular formula is C24H29N. The van der Waals surface area contributed by atoms with E-state index in [0.29, 0.717) is 5.92 Å². The Bertz CT molecular complexity index is 898. The summed E-state index contributed by atoms with van der Waals surface area (Å²) in [6, 6.07) is 15.8. The SMILES string of the molecule is Cc1cc(-c2nccc3cc(CC(C)C)ccc23)cc(C(C)(C)C)c1. The lowest BCUT2D eigenvalue weighted by atomic mass is 9.84. The third-order valence-corrected chi connectivity index (χ3v) is 4.69. The quantitative estimate of drug-likeness (QED) is 0.520. The molecule has 0 saturated heterocycles. The normalized spacial score (nSPS) is 12.1. The number of benzene rings is 2. The largest absolute Gasteiger partial charge is 0.256 e. The number of fused-ring (bicyclic) bond motifs is 1. The number of hydrogen-bond donors (Lipinski definition) is 0. The average molecular weight is 332 g/mol. The van der Waals surface area contributed by atoms with Gasteiger partial charge >= 0.3 is 0 Å². The minimum absolute atomic E-state index is 0.135. The summed E-state index contributed by atoms with van der Waals surface area (Å²) in [6.45, 7) is 13.5. The molecule has 130 valence electrons. The maximum Gasteiger partial charge on any atom is 0.0780 e. The molecule has 0 saturated carbocycles. The molecular weight excluding hydrogens is 302 g/mol. The van der Waals surface area contributed by atoms with Gasteiger partial charge < -0.3 is 0 Å². The van der Waals surface area contributed by atoms with Crippen molar-refractivity contribution in [2.45, 2.75) is 53.4 Å². The van der Waals surface area contributed by atoms with Crippen LogP contribution in [0.3, 0.4) is 0 Å². The smallest absolute Gasteiger partial charge is 0.0780 e. The van der Waals surface area contributed by atoms with Crippen LogP contribution in [0.4, 0.5) is 0 Å². The van der Waals surface area contributed by atoms with E-state index in [1.807, 2.05) is 6.20 Å². The molecule has 0 atom stereocenters. The van der Waals surface area contributed by atoms with Crippen LogP contribution >= 0.6 is 0 Å². The van der Waals surface area contributed by atoms with Crippen LogP contribution < -0.4 is 0 Å². The highest BCUT2D eigenvalue weighted by molar-refractivity contribution is 5.95. The van der Waals surface area contributed by atoms with Crippen molar-refractivity contribution in [1.82, 2.24) is 4.98 Å². The summed E-state index contributed by atoms with van der Waals surface area (Å²) in [5.41, 5.74) is 6.49. The predicted octanol–water partition coefficient (Wildman–Crippen LogP) is 6.71. The number of aromatic nitrogens is 1. The van der Waals surface area contributed by atoms with Crippen molar-refractivity contribution in [2.24, 2.45) is 5.92 Å². The highest BCUT2D eigenvalue weighted by Crippen LogP contribution is 2.32. The van der Waals surface area contributed by atoms with Crippen LogP contribution in [0.5, 0.6) is 0 Å². The van der Waals surface area contributed by atoms with Gasteiger partial charge in [0.1, 0.15) is 0 Å². The second-order valence-electron chi connectivity index (χ2n) is 8.65. The lowest BCUT2D eigenvalue weighted by molar-refractivity contribution is 0.590. The first-order valence-corrected chi connectivity index (χ1v) is 9.24. The van der Waals surface area contributed by atoms with E-state index in [1.54, 1.807) is 0 Å². The molecule has 0 aliphatic heterocycles. The van der Waals surface area contributed by atoms with Crippen LogP contribution in [-0.4, -0.2) is 4.98 Å². The maximum atomic E-state index is 4.73. The molecule has 1 heterocycles. The molecule has 0 amide bonds. The Morgan fingerprint density at radius 2 is 1.72 bits per heavy atom. The van der Waals surface area contributed by atoms with E-state index in [4.69, 9.17) is 4.98 Å². The molecule has 3 rings (SSSR count). The Balaban J connectivity index is 2.15. The van der Waals surface area contributed by atoms with Gasteiger partial charge in [0.15, 0.2) is 0 Å². The molecule has 0 bridgehead atoms. The molecule has 0 aliphatic rings. The summed E-state index contributed by atoms with van der Waals surface area (Å²) >= 11 is 0. The van der Waals surface area contributed by atoms with E-state index in [9.17, 15) is 0 Å². The summed E-state index contributed by atoms with van der Waals surface area (Å²) in [7, 11) is 0. The van der Waals surface area contributed by atoms with Crippen molar-refractivity contribution in [3.63, 3.8) is 0 Å². The van der Waals surface area contributed by atoms with Gasteiger partial charge in [-0.25, -0.2) is 0 Å². The van der Waals surface area contributed by atoms with Crippen molar-refractivity contribution in [3.8, 4) is 11.3 Å². The monoisotopic (exact) mass is 331 g/mol. The van der Waals surface area contributed by atoms with E-state index < -0.39 is 0 Å². The Labute approximate surface area is 152 Å². The zero-order valence-electron chi connectivity index (χ0n) is 16.4. The molecule has 1 aromatic heterocycles. The molecule has 2 aromatic carbocycles. The van der Waals surface area contributed by atoms with Crippen molar-refractivity contribution in [3.05, 3.63) is 65.4 Å². The zero-order valence-corrected chi connectivity index (χ0v) is 16.4. The Kier molecular flexibility index (Phi) is 4.69. The highest BCUT2D eigenvalue weighted by Gasteiger charge is 2.16. The van der Waals surface area contributed by atoms with Crippen LogP contribution in [0.15, 0.2) is 48.7 Å². The van der Waals surface area contributed by atoms with Gasteiger partial charge in [0.25, 0.3) is 0 Å². The molecule has 0 fully saturated rings. The Hall–Kier alpha value is -2.15. The second kappa shape index (κ2) is 6.63. The van der Waals surface area contributed by atoms with Gasteiger partial charge in [-0.2, -0.15) is 0 Å². The molecule has 0 spiro atoms. The maximum absolute atomic E-state index is 4.73. The third-order valence-electron chi connectivity index (χ3n) is 4.69. The lowest BCUT2D eigenvalue weighted by Gasteiger charge is -2.21. The summed E-state index contributed by atoms with van der Waals surface area (Å²) in [4.78, 5) is 4.73. The molecule has 0 N–H and O–H groups in total. The lowest BCUT2D eigenvalue weighted by Crippen LogP contribution is -2.11. The molecule has 0 unspecified atom stereocenters. The first-order valence-electron chi connectivity index (χ1n) is 9.24. The first-order chi connectivity index (χ1) is 11.7. The number of pyridine rings is 1. The van der Waals surface area contributed by atoms with Crippen LogP contribution in [0, 0.1) is 12.8 Å². The molecule has 0 aliphatic carbocycles. The number of nitrogens with zero attached hydrogens (tertiary/aromatic N) is 1. The van der Waals surface area contributed by atoms with Crippen LogP contribution in [-0.2, 0) is 11.8 Å². The van der Waals surface area contributed by atoms with Gasteiger partial charge in [-0.1, -0.05) is 64.4 Å². The van der Waals surface area contributed by atoms with Crippen LogP contribution in [0.25, 0.3) is 22.0 Å². The Morgan fingerprint density at radius 1 is 0.960 bits per heavy atom. The van der Waals surface area contributed by atoms with Crippen molar-refractivity contribution in [1.29, 1.82) is 0 Å². The topological polar surface area (TPSA) is 12.9 Å². The van der Waals surface area contributed by atoms with Gasteiger partial charge in [0.2, 0.25) is 0 Å². The summed E-state index contributed by atoms with van der Waals surface area (Å²) in [6.07, 6.45) is 3.06. The molecule has 3 aromatic rings. The fraction of sp³-hybridized carbons (Fsp3) is 0.375. The van der Waals surface area contributed by atoms with Crippen molar-refractivity contribution >= 4 is 10.8 Å². The summed E-state index contributed by atoms with van der Waals surface area (Å²) in [5, 5.41) is 2.52. The van der Waals surface area contributed by atoms with Crippen LogP contribution in [0.1, 0.15) is 51.3 Å². The number of aryl methyl sites for hydroxylation is 1. The number of rotatable bonds is 3. The third kappa shape index (κ3) is 3.92. The highest BCUT2D eigenvalue weighted by atomic mass is 14.7. The summed E-state index contributed by atoms with van der Waals surface area (Å²) < 4.78 is 0. The first kappa shape index (κ1) is 17.7. The summed E-state index contributed by atoms with van der Waals surface area (Å²) in [5.74, 6) is 0.671. The van der Waals surface area contributed by atoms with Gasteiger partial charge in [-0.05, 0) is 59.4 Å². The standard InChI is InChI=1S/C24H29N/c1-16(2)11-18-7-8-22-19(14-18)9-10-25-23(22)20-12-17(3)13-21(15-20)24(4,5)6/h7-10,12-16H,11H2,1-6H3. The van der Waals surface area contributed by atoms with Gasteiger partial charge in [-0.3, -0.25) is 4.98 Å². The van der Waals surface area contributed by atoms with E-state index in [0.717, 1.165) is 12.1 Å². The van der Waals surface area contributed by atoms with Crippen LogP contribution in [0.2, 0.25) is 0 Å². The van der Waals surface area contributed by atoms with E-state index in [2.05, 4.69) is 84.0 Å². The number of hydrogen-bond acceptors (Lipinski definition) is 1. The molecule has 1 nitrogen and oxygen atoms in total. The van der Waals surface area contributed by atoms with E-state index in [-0.39, 0.29) is 5.41 Å². The minimum Gasteiger partial charge on any atom is -0.256 e. The van der Waals surface area contributed by atoms with Crippen molar-refractivity contribution < 1.29 is 0 Å². The van der Waals surface area contributed by atoms with Gasteiger partial charge in [-0.15, -0.1) is 0 Å². The van der Waals surface area contributed by atoms with E-state index >= 15 is 0 Å². The molecule has 25 heavy (non-hydrogen) atoms. The second-order valence-corrected chi connectivity index (χ2v) is 8.65. The zero-order chi connectivity index (χ0) is 18.2. The minimum atomic E-state index is 0.135. The van der Waals surface area contributed by atoms with Gasteiger partial charge in [0, 0.05) is 17.1 Å². The fourth-order valence-electron chi connectivity index (χ4n) is 3.41.